The van der Waals surface area contributed by atoms with Gasteiger partial charge in [0.15, 0.2) is 5.78 Å². The summed E-state index contributed by atoms with van der Waals surface area (Å²) >= 11 is 0. The zero-order valence-electron chi connectivity index (χ0n) is 21.5. The van der Waals surface area contributed by atoms with E-state index in [9.17, 15) is 14.0 Å². The first-order valence-electron chi connectivity index (χ1n) is 12.5. The molecule has 38 heavy (non-hydrogen) atoms. The zero-order valence-corrected chi connectivity index (χ0v) is 21.5. The van der Waals surface area contributed by atoms with Crippen LogP contribution in [0.3, 0.4) is 0 Å². The molecule has 1 aliphatic heterocycles. The number of hydrogen-bond donors (Lipinski definition) is 2. The van der Waals surface area contributed by atoms with Gasteiger partial charge in [0.1, 0.15) is 17.3 Å². The first-order valence-corrected chi connectivity index (χ1v) is 12.5. The SMILES string of the molecule is COc1ccc(OC)c([C@@H]2C(C(=O)Nc3ccccc3F)=C(C)NC3=C2C(=O)C[C@H](c2ccccc2)C3)c1. The van der Waals surface area contributed by atoms with Crippen LogP contribution >= 0.6 is 0 Å². The van der Waals surface area contributed by atoms with Crippen LogP contribution in [-0.4, -0.2) is 25.9 Å². The Morgan fingerprint density at radius 3 is 2.42 bits per heavy atom. The molecule has 7 heteroatoms. The lowest BCUT2D eigenvalue weighted by Crippen LogP contribution is -2.37. The van der Waals surface area contributed by atoms with Gasteiger partial charge in [0.2, 0.25) is 0 Å². The highest BCUT2D eigenvalue weighted by molar-refractivity contribution is 6.10. The monoisotopic (exact) mass is 512 g/mol. The molecule has 3 aromatic rings. The molecule has 0 saturated heterocycles. The Balaban J connectivity index is 1.64. The van der Waals surface area contributed by atoms with Crippen molar-refractivity contribution in [2.75, 3.05) is 19.5 Å². The molecule has 2 atom stereocenters. The molecule has 1 amide bonds. The molecule has 5 rings (SSSR count). The van der Waals surface area contributed by atoms with Crippen LogP contribution in [0.15, 0.2) is 95.3 Å². The lowest BCUT2D eigenvalue weighted by Gasteiger charge is -2.37. The van der Waals surface area contributed by atoms with Crippen LogP contribution < -0.4 is 20.1 Å². The van der Waals surface area contributed by atoms with Crippen molar-refractivity contribution in [3.05, 3.63) is 112 Å². The van der Waals surface area contributed by atoms with E-state index < -0.39 is 17.6 Å². The van der Waals surface area contributed by atoms with Gasteiger partial charge in [0.25, 0.3) is 5.91 Å². The van der Waals surface area contributed by atoms with Crippen molar-refractivity contribution in [3.63, 3.8) is 0 Å². The van der Waals surface area contributed by atoms with Crippen molar-refractivity contribution in [2.24, 2.45) is 0 Å². The average molecular weight is 513 g/mol. The van der Waals surface area contributed by atoms with Crippen molar-refractivity contribution >= 4 is 17.4 Å². The van der Waals surface area contributed by atoms with Crippen LogP contribution in [0.25, 0.3) is 0 Å². The molecule has 0 spiro atoms. The van der Waals surface area contributed by atoms with E-state index in [2.05, 4.69) is 10.6 Å². The van der Waals surface area contributed by atoms with Crippen molar-refractivity contribution in [1.29, 1.82) is 0 Å². The van der Waals surface area contributed by atoms with Crippen LogP contribution in [-0.2, 0) is 9.59 Å². The Morgan fingerprint density at radius 2 is 1.71 bits per heavy atom. The number of Topliss-reactive ketones (excluding diaryl/α,β-unsaturated/α-hetero) is 1. The number of rotatable bonds is 6. The number of allylic oxidation sites excluding steroid dienone is 3. The lowest BCUT2D eigenvalue weighted by molar-refractivity contribution is -0.116. The van der Waals surface area contributed by atoms with Crippen LogP contribution in [0, 0.1) is 5.82 Å². The molecule has 0 radical (unpaired) electrons. The topological polar surface area (TPSA) is 76.7 Å². The van der Waals surface area contributed by atoms with Gasteiger partial charge in [-0.05, 0) is 55.2 Å². The fraction of sp³-hybridized carbons (Fsp3) is 0.226. The third-order valence-corrected chi connectivity index (χ3v) is 7.21. The third-order valence-electron chi connectivity index (χ3n) is 7.21. The molecule has 1 aliphatic carbocycles. The van der Waals surface area contributed by atoms with Crippen LogP contribution in [0.2, 0.25) is 0 Å². The number of halogens is 1. The van der Waals surface area contributed by atoms with Gasteiger partial charge >= 0.3 is 0 Å². The molecule has 3 aromatic carbocycles. The molecule has 1 heterocycles. The summed E-state index contributed by atoms with van der Waals surface area (Å²) in [5.74, 6) is -0.718. The molecule has 2 aliphatic rings. The third kappa shape index (κ3) is 4.67. The largest absolute Gasteiger partial charge is 0.497 e. The van der Waals surface area contributed by atoms with Crippen molar-refractivity contribution in [3.8, 4) is 11.5 Å². The fourth-order valence-electron chi connectivity index (χ4n) is 5.43. The van der Waals surface area contributed by atoms with E-state index in [0.717, 1.165) is 11.3 Å². The minimum absolute atomic E-state index is 0.0180. The van der Waals surface area contributed by atoms with Gasteiger partial charge in [-0.2, -0.15) is 0 Å². The molecule has 0 unspecified atom stereocenters. The van der Waals surface area contributed by atoms with Gasteiger partial charge in [-0.1, -0.05) is 42.5 Å². The standard InChI is InChI=1S/C31H29FN2O4/c1-18-28(31(36)34-24-12-8-7-11-23(24)32)29(22-17-21(37-2)13-14-27(22)38-3)30-25(33-18)15-20(16-26(30)35)19-9-5-4-6-10-19/h4-14,17,20,29,33H,15-16H2,1-3H3,(H,34,36)/t20-,29-/m1/s1. The van der Waals surface area contributed by atoms with E-state index in [0.29, 0.717) is 46.7 Å². The first-order chi connectivity index (χ1) is 18.4. The number of hydrogen-bond acceptors (Lipinski definition) is 5. The number of dihydropyridines is 1. The van der Waals surface area contributed by atoms with Crippen molar-refractivity contribution in [1.82, 2.24) is 5.32 Å². The minimum atomic E-state index is -0.729. The second-order valence-electron chi connectivity index (χ2n) is 9.47. The maximum absolute atomic E-state index is 14.4. The van der Waals surface area contributed by atoms with Gasteiger partial charge in [0, 0.05) is 34.5 Å². The summed E-state index contributed by atoms with van der Waals surface area (Å²) < 4.78 is 25.6. The molecular formula is C31H29FN2O4. The van der Waals surface area contributed by atoms with Crippen LogP contribution in [0.4, 0.5) is 10.1 Å². The number of amides is 1. The Labute approximate surface area is 221 Å². The lowest BCUT2D eigenvalue weighted by atomic mass is 9.71. The molecule has 0 aromatic heterocycles. The molecule has 6 nitrogen and oxygen atoms in total. The number of nitrogens with one attached hydrogen (secondary N) is 2. The molecule has 0 fully saturated rings. The molecule has 2 N–H and O–H groups in total. The van der Waals surface area contributed by atoms with Crippen LogP contribution in [0.5, 0.6) is 11.5 Å². The predicted molar refractivity (Wildman–Crippen MR) is 144 cm³/mol. The second kappa shape index (κ2) is 10.5. The number of anilines is 1. The Bertz CT molecular complexity index is 1460. The van der Waals surface area contributed by atoms with Gasteiger partial charge in [-0.25, -0.2) is 4.39 Å². The van der Waals surface area contributed by atoms with E-state index in [1.807, 2.05) is 30.3 Å². The number of carbonyl (C=O) groups excluding carboxylic acids is 2. The van der Waals surface area contributed by atoms with Gasteiger partial charge in [0.05, 0.1) is 25.8 Å². The van der Waals surface area contributed by atoms with Gasteiger partial charge in [-0.3, -0.25) is 9.59 Å². The number of carbonyl (C=O) groups is 2. The highest BCUT2D eigenvalue weighted by Gasteiger charge is 2.42. The van der Waals surface area contributed by atoms with E-state index in [1.54, 1.807) is 51.5 Å². The summed E-state index contributed by atoms with van der Waals surface area (Å²) in [7, 11) is 3.10. The van der Waals surface area contributed by atoms with Gasteiger partial charge in [-0.15, -0.1) is 0 Å². The van der Waals surface area contributed by atoms with E-state index in [1.165, 1.54) is 12.1 Å². The minimum Gasteiger partial charge on any atom is -0.497 e. The quantitative estimate of drug-likeness (QED) is 0.434. The fourth-order valence-corrected chi connectivity index (χ4v) is 5.43. The molecule has 194 valence electrons. The Hall–Kier alpha value is -4.39. The van der Waals surface area contributed by atoms with Gasteiger partial charge < -0.3 is 20.1 Å². The second-order valence-corrected chi connectivity index (χ2v) is 9.47. The summed E-state index contributed by atoms with van der Waals surface area (Å²) in [5, 5.41) is 6.06. The van der Waals surface area contributed by atoms with Crippen molar-refractivity contribution in [2.45, 2.75) is 31.6 Å². The number of methoxy groups -OCH3 is 2. The Kier molecular flexibility index (Phi) is 7.01. The first kappa shape index (κ1) is 25.3. The number of benzene rings is 3. The smallest absolute Gasteiger partial charge is 0.254 e. The Morgan fingerprint density at radius 1 is 0.974 bits per heavy atom. The normalized spacial score (nSPS) is 19.0. The van der Waals surface area contributed by atoms with E-state index in [4.69, 9.17) is 9.47 Å². The highest BCUT2D eigenvalue weighted by Crippen LogP contribution is 2.48. The number of ether oxygens (including phenoxy) is 2. The van der Waals surface area contributed by atoms with Crippen molar-refractivity contribution < 1.29 is 23.5 Å². The number of para-hydroxylation sites is 1. The molecule has 0 saturated carbocycles. The summed E-state index contributed by atoms with van der Waals surface area (Å²) in [4.78, 5) is 27.6. The summed E-state index contributed by atoms with van der Waals surface area (Å²) in [6.45, 7) is 1.80. The van der Waals surface area contributed by atoms with E-state index in [-0.39, 0.29) is 17.4 Å². The summed E-state index contributed by atoms with van der Waals surface area (Å²) in [6.07, 6.45) is 0.933. The summed E-state index contributed by atoms with van der Waals surface area (Å²) in [5.41, 5.74) is 4.00. The predicted octanol–water partition coefficient (Wildman–Crippen LogP) is 5.84. The highest BCUT2D eigenvalue weighted by atomic mass is 19.1. The van der Waals surface area contributed by atoms with Crippen LogP contribution in [0.1, 0.15) is 42.7 Å². The summed E-state index contributed by atoms with van der Waals surface area (Å²) in [6, 6.07) is 21.3. The van der Waals surface area contributed by atoms with E-state index >= 15 is 0 Å². The maximum atomic E-state index is 14.4. The molecule has 0 bridgehead atoms. The number of ketones is 1. The molecular weight excluding hydrogens is 483 g/mol. The zero-order chi connectivity index (χ0) is 26.8. The average Bonchev–Trinajstić information content (AvgIpc) is 2.93. The maximum Gasteiger partial charge on any atom is 0.254 e.